The van der Waals surface area contributed by atoms with Gasteiger partial charge in [-0.15, -0.1) is 0 Å². The third-order valence-electron chi connectivity index (χ3n) is 2.06. The summed E-state index contributed by atoms with van der Waals surface area (Å²) in [5.74, 6) is 0.0874. The highest BCUT2D eigenvalue weighted by molar-refractivity contribution is 9.10. The Morgan fingerprint density at radius 1 is 1.50 bits per heavy atom. The van der Waals surface area contributed by atoms with Gasteiger partial charge >= 0.3 is 0 Å². The predicted molar refractivity (Wildman–Crippen MR) is 60.0 cm³/mol. The fraction of sp³-hybridized carbons (Fsp3) is 0.200. The summed E-state index contributed by atoms with van der Waals surface area (Å²) in [5.41, 5.74) is 6.55. The quantitative estimate of drug-likeness (QED) is 0.920. The van der Waals surface area contributed by atoms with Crippen LogP contribution < -0.4 is 5.73 Å². The molecule has 0 radical (unpaired) electrons. The number of benzene rings is 1. The van der Waals surface area contributed by atoms with Crippen molar-refractivity contribution in [3.05, 3.63) is 33.9 Å². The Morgan fingerprint density at radius 2 is 2.25 bits per heavy atom. The third-order valence-corrected chi connectivity index (χ3v) is 2.63. The van der Waals surface area contributed by atoms with Crippen LogP contribution in [0.15, 0.2) is 21.1 Å². The number of aromatic nitrogens is 2. The number of nitrogens with zero attached hydrogens (tertiary/aromatic N) is 2. The molecule has 2 N–H and O–H groups in total. The molecule has 6 heteroatoms. The maximum absolute atomic E-state index is 13.8. The van der Waals surface area contributed by atoms with Gasteiger partial charge in [0.2, 0.25) is 11.7 Å². The van der Waals surface area contributed by atoms with E-state index in [0.717, 1.165) is 5.56 Å². The first kappa shape index (κ1) is 11.2. The molecule has 84 valence electrons. The van der Waals surface area contributed by atoms with Crippen molar-refractivity contribution in [2.24, 2.45) is 5.73 Å². The highest BCUT2D eigenvalue weighted by atomic mass is 79.9. The molecule has 1 aromatic carbocycles. The van der Waals surface area contributed by atoms with E-state index in [4.69, 9.17) is 10.3 Å². The van der Waals surface area contributed by atoms with Crippen molar-refractivity contribution in [2.75, 3.05) is 0 Å². The average Bonchev–Trinajstić information content (AvgIpc) is 2.71. The van der Waals surface area contributed by atoms with Crippen molar-refractivity contribution in [1.29, 1.82) is 0 Å². The number of hydrogen-bond acceptors (Lipinski definition) is 4. The molecule has 0 atom stereocenters. The monoisotopic (exact) mass is 285 g/mol. The molecule has 0 fully saturated rings. The zero-order valence-corrected chi connectivity index (χ0v) is 10.1. The second-order valence-electron chi connectivity index (χ2n) is 3.32. The SMILES string of the molecule is Cc1cc(Br)c(F)c(-c2noc(CN)n2)c1. The molecule has 4 nitrogen and oxygen atoms in total. The normalized spacial score (nSPS) is 10.8. The second-order valence-corrected chi connectivity index (χ2v) is 4.18. The summed E-state index contributed by atoms with van der Waals surface area (Å²) in [4.78, 5) is 3.98. The maximum atomic E-state index is 13.8. The molecule has 0 amide bonds. The second kappa shape index (κ2) is 4.31. The van der Waals surface area contributed by atoms with Gasteiger partial charge in [0.15, 0.2) is 0 Å². The number of halogens is 2. The fourth-order valence-electron chi connectivity index (χ4n) is 1.33. The van der Waals surface area contributed by atoms with Crippen LogP contribution in [0.3, 0.4) is 0 Å². The van der Waals surface area contributed by atoms with Gasteiger partial charge in [0, 0.05) is 0 Å². The summed E-state index contributed by atoms with van der Waals surface area (Å²) in [7, 11) is 0. The van der Waals surface area contributed by atoms with E-state index in [0.29, 0.717) is 10.0 Å². The first-order valence-electron chi connectivity index (χ1n) is 4.60. The Balaban J connectivity index is 2.54. The van der Waals surface area contributed by atoms with Crippen molar-refractivity contribution in [2.45, 2.75) is 13.5 Å². The number of nitrogens with two attached hydrogens (primary N) is 1. The van der Waals surface area contributed by atoms with E-state index in [2.05, 4.69) is 26.1 Å². The Kier molecular flexibility index (Phi) is 3.02. The zero-order chi connectivity index (χ0) is 11.7. The van der Waals surface area contributed by atoms with Crippen LogP contribution in [-0.4, -0.2) is 10.1 Å². The van der Waals surface area contributed by atoms with E-state index in [1.165, 1.54) is 0 Å². The third kappa shape index (κ3) is 1.98. The Bertz CT molecular complexity index is 527. The fourth-order valence-corrected chi connectivity index (χ4v) is 1.91. The molecule has 0 unspecified atom stereocenters. The van der Waals surface area contributed by atoms with E-state index in [9.17, 15) is 4.39 Å². The molecule has 0 saturated heterocycles. The molecule has 1 aromatic heterocycles. The van der Waals surface area contributed by atoms with Crippen molar-refractivity contribution < 1.29 is 8.91 Å². The molecular formula is C10H9BrFN3O. The van der Waals surface area contributed by atoms with Crippen LogP contribution in [0.2, 0.25) is 0 Å². The highest BCUT2D eigenvalue weighted by Gasteiger charge is 2.15. The Hall–Kier alpha value is -1.27. The minimum atomic E-state index is -0.407. The van der Waals surface area contributed by atoms with Crippen molar-refractivity contribution in [3.8, 4) is 11.4 Å². The van der Waals surface area contributed by atoms with Crippen LogP contribution in [0.4, 0.5) is 4.39 Å². The van der Waals surface area contributed by atoms with Gasteiger partial charge in [-0.2, -0.15) is 4.98 Å². The van der Waals surface area contributed by atoms with Gasteiger partial charge in [-0.05, 0) is 40.5 Å². The predicted octanol–water partition coefficient (Wildman–Crippen LogP) is 2.41. The van der Waals surface area contributed by atoms with E-state index in [1.807, 2.05) is 6.92 Å². The van der Waals surface area contributed by atoms with Crippen LogP contribution in [0, 0.1) is 12.7 Å². The molecule has 2 aromatic rings. The summed E-state index contributed by atoms with van der Waals surface area (Å²) >= 11 is 3.13. The molecular weight excluding hydrogens is 277 g/mol. The topological polar surface area (TPSA) is 64.9 Å². The first-order valence-corrected chi connectivity index (χ1v) is 5.39. The van der Waals surface area contributed by atoms with Gasteiger partial charge in [-0.25, -0.2) is 4.39 Å². The zero-order valence-electron chi connectivity index (χ0n) is 8.50. The van der Waals surface area contributed by atoms with Gasteiger partial charge in [0.1, 0.15) is 5.82 Å². The minimum absolute atomic E-state index is 0.140. The van der Waals surface area contributed by atoms with Crippen molar-refractivity contribution in [3.63, 3.8) is 0 Å². The van der Waals surface area contributed by atoms with Crippen LogP contribution >= 0.6 is 15.9 Å². The van der Waals surface area contributed by atoms with Crippen LogP contribution in [0.25, 0.3) is 11.4 Å². The summed E-state index contributed by atoms with van der Waals surface area (Å²) in [5, 5.41) is 3.67. The summed E-state index contributed by atoms with van der Waals surface area (Å²) in [6, 6.07) is 3.34. The Morgan fingerprint density at radius 3 is 2.88 bits per heavy atom. The molecule has 0 aliphatic heterocycles. The van der Waals surface area contributed by atoms with Crippen LogP contribution in [-0.2, 0) is 6.54 Å². The Labute approximate surface area is 99.8 Å². The highest BCUT2D eigenvalue weighted by Crippen LogP contribution is 2.27. The number of aryl methyl sites for hydroxylation is 1. The molecule has 0 saturated carbocycles. The van der Waals surface area contributed by atoms with Crippen LogP contribution in [0.1, 0.15) is 11.5 Å². The lowest BCUT2D eigenvalue weighted by molar-refractivity contribution is 0.380. The van der Waals surface area contributed by atoms with E-state index in [1.54, 1.807) is 12.1 Å². The number of hydrogen-bond donors (Lipinski definition) is 1. The molecule has 0 spiro atoms. The molecule has 16 heavy (non-hydrogen) atoms. The van der Waals surface area contributed by atoms with Gasteiger partial charge in [-0.1, -0.05) is 5.16 Å². The molecule has 0 bridgehead atoms. The standard InChI is InChI=1S/C10H9BrFN3O/c1-5-2-6(9(12)7(11)3-5)10-14-8(4-13)16-15-10/h2-3H,4,13H2,1H3. The summed E-state index contributed by atoms with van der Waals surface area (Å²) in [6.07, 6.45) is 0. The van der Waals surface area contributed by atoms with E-state index in [-0.39, 0.29) is 18.3 Å². The van der Waals surface area contributed by atoms with Crippen LogP contribution in [0.5, 0.6) is 0 Å². The van der Waals surface area contributed by atoms with Crippen molar-refractivity contribution >= 4 is 15.9 Å². The van der Waals surface area contributed by atoms with Gasteiger partial charge in [-0.3, -0.25) is 0 Å². The van der Waals surface area contributed by atoms with Crippen molar-refractivity contribution in [1.82, 2.24) is 10.1 Å². The van der Waals surface area contributed by atoms with Gasteiger partial charge in [0.05, 0.1) is 16.6 Å². The van der Waals surface area contributed by atoms with E-state index >= 15 is 0 Å². The average molecular weight is 286 g/mol. The maximum Gasteiger partial charge on any atom is 0.240 e. The first-order chi connectivity index (χ1) is 7.61. The smallest absolute Gasteiger partial charge is 0.240 e. The summed E-state index contributed by atoms with van der Waals surface area (Å²) in [6.45, 7) is 2.00. The molecule has 1 heterocycles. The van der Waals surface area contributed by atoms with E-state index < -0.39 is 5.82 Å². The lowest BCUT2D eigenvalue weighted by atomic mass is 10.1. The minimum Gasteiger partial charge on any atom is -0.338 e. The number of rotatable bonds is 2. The molecule has 0 aliphatic carbocycles. The molecule has 2 rings (SSSR count). The summed E-state index contributed by atoms with van der Waals surface area (Å²) < 4.78 is 19.0. The molecule has 0 aliphatic rings. The largest absolute Gasteiger partial charge is 0.338 e. The lowest BCUT2D eigenvalue weighted by Crippen LogP contribution is -1.96. The van der Waals surface area contributed by atoms with Gasteiger partial charge < -0.3 is 10.3 Å². The lowest BCUT2D eigenvalue weighted by Gasteiger charge is -2.02. The van der Waals surface area contributed by atoms with Gasteiger partial charge in [0.25, 0.3) is 0 Å².